The average Bonchev–Trinajstić information content (AvgIpc) is 3.23. The summed E-state index contributed by atoms with van der Waals surface area (Å²) in [6.45, 7) is 4.52. The molecule has 8 nitrogen and oxygen atoms in total. The van der Waals surface area contributed by atoms with Crippen LogP contribution in [-0.2, 0) is 6.42 Å². The Morgan fingerprint density at radius 2 is 2.13 bits per heavy atom. The number of benzene rings is 1. The van der Waals surface area contributed by atoms with Gasteiger partial charge in [-0.1, -0.05) is 28.9 Å². The van der Waals surface area contributed by atoms with Gasteiger partial charge in [-0.2, -0.15) is 4.98 Å². The zero-order valence-corrected chi connectivity index (χ0v) is 20.6. The summed E-state index contributed by atoms with van der Waals surface area (Å²) in [6.07, 6.45) is 2.26. The number of nitrogens with zero attached hydrogens (tertiary/aromatic N) is 5. The monoisotopic (exact) mass is 556 g/mol. The fourth-order valence-corrected chi connectivity index (χ4v) is 2.82. The Labute approximate surface area is 204 Å². The van der Waals surface area contributed by atoms with Crippen LogP contribution in [0.25, 0.3) is 11.6 Å². The van der Waals surface area contributed by atoms with Crippen molar-refractivity contribution >= 4 is 41.5 Å². The number of nitrogens with one attached hydrogen (secondary N) is 1. The van der Waals surface area contributed by atoms with E-state index in [2.05, 4.69) is 25.4 Å². The van der Waals surface area contributed by atoms with Gasteiger partial charge >= 0.3 is 0 Å². The summed E-state index contributed by atoms with van der Waals surface area (Å²) in [5.74, 6) is 2.55. The number of aromatic nitrogens is 3. The molecule has 0 aliphatic heterocycles. The second-order valence-electron chi connectivity index (χ2n) is 6.44. The lowest BCUT2D eigenvalue weighted by atomic mass is 10.3. The summed E-state index contributed by atoms with van der Waals surface area (Å²) >= 11 is 5.98. The molecule has 0 aliphatic rings. The van der Waals surface area contributed by atoms with Crippen LogP contribution in [0.1, 0.15) is 12.7 Å². The van der Waals surface area contributed by atoms with Crippen LogP contribution in [0.4, 0.5) is 0 Å². The molecule has 0 bridgehead atoms. The fraction of sp³-hybridized carbons (Fsp3) is 0.333. The van der Waals surface area contributed by atoms with Gasteiger partial charge in [-0.3, -0.25) is 9.98 Å². The standard InChI is InChI=1S/C21H25ClN6O2.HI/c1-3-23-21(28(2)13-14-29-17-8-6-7-16(22)15-17)25-12-10-19-26-20(30-27-19)18-9-4-5-11-24-18;/h4-9,11,15H,3,10,12-14H2,1-2H3,(H,23,25);1H. The van der Waals surface area contributed by atoms with Crippen molar-refractivity contribution in [2.24, 2.45) is 4.99 Å². The second kappa shape index (κ2) is 13.1. The first-order chi connectivity index (χ1) is 14.7. The first-order valence-electron chi connectivity index (χ1n) is 9.77. The molecule has 0 aliphatic carbocycles. The lowest BCUT2D eigenvalue weighted by Gasteiger charge is -2.22. The maximum absolute atomic E-state index is 5.98. The minimum absolute atomic E-state index is 0. The highest BCUT2D eigenvalue weighted by molar-refractivity contribution is 14.0. The van der Waals surface area contributed by atoms with E-state index in [1.54, 1.807) is 12.3 Å². The minimum atomic E-state index is 0. The van der Waals surface area contributed by atoms with Crippen LogP contribution in [0.5, 0.6) is 5.75 Å². The summed E-state index contributed by atoms with van der Waals surface area (Å²) < 4.78 is 11.0. The number of halogens is 2. The fourth-order valence-electron chi connectivity index (χ4n) is 2.64. The molecule has 0 unspecified atom stereocenters. The molecule has 2 aromatic heterocycles. The number of hydrogen-bond acceptors (Lipinski definition) is 6. The highest BCUT2D eigenvalue weighted by Crippen LogP contribution is 2.17. The van der Waals surface area contributed by atoms with E-state index in [-0.39, 0.29) is 24.0 Å². The van der Waals surface area contributed by atoms with E-state index in [4.69, 9.17) is 20.9 Å². The van der Waals surface area contributed by atoms with Crippen LogP contribution in [0.2, 0.25) is 5.02 Å². The van der Waals surface area contributed by atoms with E-state index >= 15 is 0 Å². The Hall–Kier alpha value is -2.40. The molecule has 10 heteroatoms. The van der Waals surface area contributed by atoms with Crippen molar-refractivity contribution in [3.8, 4) is 17.3 Å². The van der Waals surface area contributed by atoms with Crippen molar-refractivity contribution in [1.29, 1.82) is 0 Å². The zero-order valence-electron chi connectivity index (χ0n) is 17.5. The maximum atomic E-state index is 5.98. The topological polar surface area (TPSA) is 88.7 Å². The summed E-state index contributed by atoms with van der Waals surface area (Å²) in [5.41, 5.74) is 0.660. The summed E-state index contributed by atoms with van der Waals surface area (Å²) in [4.78, 5) is 15.3. The molecule has 0 saturated carbocycles. The quantitative estimate of drug-likeness (QED) is 0.243. The highest BCUT2D eigenvalue weighted by Gasteiger charge is 2.10. The molecule has 0 saturated heterocycles. The third kappa shape index (κ3) is 7.98. The highest BCUT2D eigenvalue weighted by atomic mass is 127. The van der Waals surface area contributed by atoms with Gasteiger partial charge in [-0.25, -0.2) is 0 Å². The molecule has 0 spiro atoms. The number of hydrogen-bond donors (Lipinski definition) is 1. The summed E-state index contributed by atoms with van der Waals surface area (Å²) in [7, 11) is 1.97. The number of guanidine groups is 1. The molecule has 1 aromatic carbocycles. The van der Waals surface area contributed by atoms with Crippen LogP contribution >= 0.6 is 35.6 Å². The number of ether oxygens (including phenoxy) is 1. The molecule has 31 heavy (non-hydrogen) atoms. The first kappa shape index (κ1) is 24.9. The summed E-state index contributed by atoms with van der Waals surface area (Å²) in [6, 6.07) is 12.9. The Morgan fingerprint density at radius 3 is 2.87 bits per heavy atom. The molecule has 166 valence electrons. The van der Waals surface area contributed by atoms with Crippen molar-refractivity contribution < 1.29 is 9.26 Å². The Bertz CT molecular complexity index is 954. The first-order valence-corrected chi connectivity index (χ1v) is 10.2. The van der Waals surface area contributed by atoms with Crippen LogP contribution in [0.3, 0.4) is 0 Å². The zero-order chi connectivity index (χ0) is 21.2. The minimum Gasteiger partial charge on any atom is -0.492 e. The van der Waals surface area contributed by atoms with Crippen molar-refractivity contribution in [3.63, 3.8) is 0 Å². The number of rotatable bonds is 9. The van der Waals surface area contributed by atoms with E-state index in [9.17, 15) is 0 Å². The van der Waals surface area contributed by atoms with Gasteiger partial charge in [-0.15, -0.1) is 24.0 Å². The average molecular weight is 557 g/mol. The van der Waals surface area contributed by atoms with Crippen LogP contribution in [-0.4, -0.2) is 59.3 Å². The predicted octanol–water partition coefficient (Wildman–Crippen LogP) is 3.92. The third-order valence-electron chi connectivity index (χ3n) is 4.14. The van der Waals surface area contributed by atoms with E-state index < -0.39 is 0 Å². The Kier molecular flexibility index (Phi) is 10.5. The Morgan fingerprint density at radius 1 is 1.26 bits per heavy atom. The van der Waals surface area contributed by atoms with Gasteiger partial charge in [0.15, 0.2) is 11.8 Å². The van der Waals surface area contributed by atoms with Gasteiger partial charge in [0.2, 0.25) is 0 Å². The van der Waals surface area contributed by atoms with Crippen molar-refractivity contribution in [2.45, 2.75) is 13.3 Å². The molecule has 0 fully saturated rings. The van der Waals surface area contributed by atoms with Gasteiger partial charge in [0, 0.05) is 37.8 Å². The van der Waals surface area contributed by atoms with Gasteiger partial charge in [0.25, 0.3) is 5.89 Å². The number of likely N-dealkylation sites (N-methyl/N-ethyl adjacent to an activating group) is 1. The van der Waals surface area contributed by atoms with Crippen molar-refractivity contribution in [3.05, 3.63) is 59.5 Å². The SMILES string of the molecule is CCNC(=NCCc1noc(-c2ccccn2)n1)N(C)CCOc1cccc(Cl)c1.I. The molecule has 1 N–H and O–H groups in total. The second-order valence-corrected chi connectivity index (χ2v) is 6.88. The number of pyridine rings is 1. The Balaban J connectivity index is 0.00000341. The number of aliphatic imine (C=N–C) groups is 1. The molecular weight excluding hydrogens is 531 g/mol. The van der Waals surface area contributed by atoms with Gasteiger partial charge < -0.3 is 19.5 Å². The third-order valence-corrected chi connectivity index (χ3v) is 4.37. The van der Waals surface area contributed by atoms with Crippen LogP contribution in [0.15, 0.2) is 58.2 Å². The van der Waals surface area contributed by atoms with E-state index in [0.717, 1.165) is 18.3 Å². The normalized spacial score (nSPS) is 11.0. The lowest BCUT2D eigenvalue weighted by molar-refractivity contribution is 0.281. The molecule has 0 amide bonds. The molecule has 0 radical (unpaired) electrons. The van der Waals surface area contributed by atoms with Gasteiger partial charge in [0.1, 0.15) is 18.1 Å². The predicted molar refractivity (Wildman–Crippen MR) is 132 cm³/mol. The van der Waals surface area contributed by atoms with Crippen molar-refractivity contribution in [1.82, 2.24) is 25.3 Å². The molecule has 3 aromatic rings. The largest absolute Gasteiger partial charge is 0.492 e. The van der Waals surface area contributed by atoms with E-state index in [1.165, 1.54) is 0 Å². The lowest BCUT2D eigenvalue weighted by Crippen LogP contribution is -2.41. The van der Waals surface area contributed by atoms with Gasteiger partial charge in [0.05, 0.1) is 6.54 Å². The maximum Gasteiger partial charge on any atom is 0.276 e. The molecular formula is C21H26ClIN6O2. The van der Waals surface area contributed by atoms with Crippen LogP contribution < -0.4 is 10.1 Å². The molecule has 0 atom stereocenters. The van der Waals surface area contributed by atoms with E-state index in [0.29, 0.717) is 48.5 Å². The molecule has 3 rings (SSSR count). The summed E-state index contributed by atoms with van der Waals surface area (Å²) in [5, 5.41) is 7.95. The van der Waals surface area contributed by atoms with Crippen molar-refractivity contribution in [2.75, 3.05) is 33.3 Å². The van der Waals surface area contributed by atoms with E-state index in [1.807, 2.05) is 55.3 Å². The van der Waals surface area contributed by atoms with Crippen LogP contribution in [0, 0.1) is 0 Å². The smallest absolute Gasteiger partial charge is 0.276 e. The molecule has 2 heterocycles. The van der Waals surface area contributed by atoms with Gasteiger partial charge in [-0.05, 0) is 37.3 Å².